The van der Waals surface area contributed by atoms with Crippen LogP contribution in [0.5, 0.6) is 0 Å². The SMILES string of the molecule is CC(C)(C)OC(=O)N[C@@H](C(=O)O)[C@H](O[Si](C)(C)C(C)(C)C)c1ccc(F)c([N+](=O)[O-])c1. The van der Waals surface area contributed by atoms with E-state index in [1.165, 1.54) is 6.07 Å². The van der Waals surface area contributed by atoms with Crippen molar-refractivity contribution in [3.63, 3.8) is 0 Å². The van der Waals surface area contributed by atoms with Crippen molar-refractivity contribution in [1.82, 2.24) is 5.32 Å². The van der Waals surface area contributed by atoms with Crippen molar-refractivity contribution in [3.05, 3.63) is 39.7 Å². The number of hydrogen-bond donors (Lipinski definition) is 2. The van der Waals surface area contributed by atoms with Crippen LogP contribution in [-0.4, -0.2) is 42.1 Å². The van der Waals surface area contributed by atoms with Crippen LogP contribution in [0.4, 0.5) is 14.9 Å². The number of halogens is 1. The number of carboxylic acid groups (broad SMARTS) is 1. The molecule has 1 rings (SSSR count). The van der Waals surface area contributed by atoms with Crippen LogP contribution >= 0.6 is 0 Å². The lowest BCUT2D eigenvalue weighted by Gasteiger charge is -2.41. The van der Waals surface area contributed by atoms with Crippen molar-refractivity contribution in [3.8, 4) is 0 Å². The summed E-state index contributed by atoms with van der Waals surface area (Å²) in [6.45, 7) is 14.4. The van der Waals surface area contributed by atoms with E-state index in [-0.39, 0.29) is 10.6 Å². The first-order chi connectivity index (χ1) is 13.9. The zero-order chi connectivity index (χ0) is 24.4. The molecule has 0 heterocycles. The number of carbonyl (C=O) groups is 2. The van der Waals surface area contributed by atoms with Gasteiger partial charge in [0, 0.05) is 6.07 Å². The number of hydrogen-bond acceptors (Lipinski definition) is 6. The molecular weight excluding hydrogens is 427 g/mol. The van der Waals surface area contributed by atoms with Crippen LogP contribution in [-0.2, 0) is 14.0 Å². The second-order valence-electron chi connectivity index (χ2n) is 9.73. The van der Waals surface area contributed by atoms with Crippen LogP contribution in [0.3, 0.4) is 0 Å². The number of ether oxygens (including phenoxy) is 1. The number of nitrogens with zero attached hydrogens (tertiary/aromatic N) is 1. The Morgan fingerprint density at radius 3 is 2.16 bits per heavy atom. The lowest BCUT2D eigenvalue weighted by atomic mass is 10.0. The largest absolute Gasteiger partial charge is 0.480 e. The van der Waals surface area contributed by atoms with E-state index in [0.29, 0.717) is 0 Å². The zero-order valence-corrected chi connectivity index (χ0v) is 20.1. The van der Waals surface area contributed by atoms with E-state index in [1.54, 1.807) is 20.8 Å². The number of nitrogens with one attached hydrogen (secondary N) is 1. The number of carbonyl (C=O) groups excluding carboxylic acids is 1. The molecule has 0 bridgehead atoms. The minimum atomic E-state index is -2.63. The van der Waals surface area contributed by atoms with Crippen LogP contribution in [0, 0.1) is 15.9 Å². The van der Waals surface area contributed by atoms with E-state index >= 15 is 0 Å². The number of carboxylic acids is 1. The van der Waals surface area contributed by atoms with Gasteiger partial charge in [0.2, 0.25) is 5.82 Å². The maximum absolute atomic E-state index is 13.9. The summed E-state index contributed by atoms with van der Waals surface area (Å²) in [5.74, 6) is -2.49. The molecule has 11 heteroatoms. The van der Waals surface area contributed by atoms with Gasteiger partial charge in [0.15, 0.2) is 14.4 Å². The Morgan fingerprint density at radius 1 is 1.19 bits per heavy atom. The molecule has 0 fully saturated rings. The van der Waals surface area contributed by atoms with Crippen LogP contribution in [0.1, 0.15) is 53.2 Å². The fourth-order valence-corrected chi connectivity index (χ4v) is 3.63. The minimum absolute atomic E-state index is 0.0568. The number of nitro groups is 1. The van der Waals surface area contributed by atoms with Gasteiger partial charge in [-0.2, -0.15) is 4.39 Å². The predicted octanol–water partition coefficient (Wildman–Crippen LogP) is 4.77. The van der Waals surface area contributed by atoms with E-state index in [9.17, 15) is 29.2 Å². The van der Waals surface area contributed by atoms with Gasteiger partial charge in [-0.15, -0.1) is 0 Å². The average molecular weight is 459 g/mol. The molecule has 0 spiro atoms. The first-order valence-electron chi connectivity index (χ1n) is 9.70. The second-order valence-corrected chi connectivity index (χ2v) is 14.5. The van der Waals surface area contributed by atoms with E-state index in [0.717, 1.165) is 12.1 Å². The Bertz CT molecular complexity index is 847. The minimum Gasteiger partial charge on any atom is -0.480 e. The molecule has 31 heavy (non-hydrogen) atoms. The number of amides is 1. The topological polar surface area (TPSA) is 128 Å². The van der Waals surface area contributed by atoms with Gasteiger partial charge in [-0.25, -0.2) is 9.59 Å². The van der Waals surface area contributed by atoms with Crippen molar-refractivity contribution in [2.45, 2.75) is 77.4 Å². The molecule has 174 valence electrons. The summed E-state index contributed by atoms with van der Waals surface area (Å²) in [4.78, 5) is 34.7. The average Bonchev–Trinajstić information content (AvgIpc) is 2.55. The van der Waals surface area contributed by atoms with Gasteiger partial charge in [-0.1, -0.05) is 26.8 Å². The highest BCUT2D eigenvalue weighted by Crippen LogP contribution is 2.41. The molecule has 2 N–H and O–H groups in total. The standard InChI is InChI=1S/C20H31FN2O7Si/c1-19(2,3)29-18(26)22-15(17(24)25)16(30-31(7,8)20(4,5)6)12-9-10-13(21)14(11-12)23(27)28/h9-11,15-16H,1-8H3,(H,22,26)(H,24,25)/t15-,16-/m1/s1. The number of alkyl carbamates (subject to hydrolysis) is 1. The summed E-state index contributed by atoms with van der Waals surface area (Å²) >= 11 is 0. The van der Waals surface area contributed by atoms with Crippen molar-refractivity contribution in [2.75, 3.05) is 0 Å². The number of nitro benzene ring substituents is 1. The third kappa shape index (κ3) is 7.28. The molecule has 0 aliphatic rings. The van der Waals surface area contributed by atoms with Crippen LogP contribution in [0.2, 0.25) is 18.1 Å². The van der Waals surface area contributed by atoms with E-state index < -0.39 is 54.6 Å². The normalized spacial score (nSPS) is 14.5. The van der Waals surface area contributed by atoms with Gasteiger partial charge >= 0.3 is 17.7 Å². The van der Waals surface area contributed by atoms with Gasteiger partial charge in [0.1, 0.15) is 11.7 Å². The summed E-state index contributed by atoms with van der Waals surface area (Å²) in [7, 11) is -2.63. The fourth-order valence-electron chi connectivity index (χ4n) is 2.37. The third-order valence-corrected chi connectivity index (χ3v) is 9.42. The molecule has 9 nitrogen and oxygen atoms in total. The van der Waals surface area contributed by atoms with E-state index in [4.69, 9.17) is 9.16 Å². The monoisotopic (exact) mass is 458 g/mol. The summed E-state index contributed by atoms with van der Waals surface area (Å²) in [6, 6.07) is 1.39. The Morgan fingerprint density at radius 2 is 1.74 bits per heavy atom. The quantitative estimate of drug-likeness (QED) is 0.342. The predicted molar refractivity (Wildman–Crippen MR) is 115 cm³/mol. The maximum Gasteiger partial charge on any atom is 0.408 e. The van der Waals surface area contributed by atoms with Gasteiger partial charge in [0.05, 0.1) is 4.92 Å². The van der Waals surface area contributed by atoms with Crippen molar-refractivity contribution in [1.29, 1.82) is 0 Å². The number of benzene rings is 1. The Kier molecular flexibility index (Phi) is 7.96. The van der Waals surface area contributed by atoms with Gasteiger partial charge in [-0.05, 0) is 50.5 Å². The van der Waals surface area contributed by atoms with Gasteiger partial charge in [-0.3, -0.25) is 10.1 Å². The first kappa shape index (κ1) is 26.5. The molecule has 0 radical (unpaired) electrons. The molecule has 0 aliphatic carbocycles. The third-order valence-electron chi connectivity index (χ3n) is 4.96. The van der Waals surface area contributed by atoms with Crippen molar-refractivity contribution in [2.24, 2.45) is 0 Å². The lowest BCUT2D eigenvalue weighted by Crippen LogP contribution is -2.51. The molecule has 1 aromatic carbocycles. The van der Waals surface area contributed by atoms with Crippen LogP contribution in [0.25, 0.3) is 0 Å². The highest BCUT2D eigenvalue weighted by atomic mass is 28.4. The highest BCUT2D eigenvalue weighted by molar-refractivity contribution is 6.74. The van der Waals surface area contributed by atoms with Crippen LogP contribution in [0.15, 0.2) is 18.2 Å². The van der Waals surface area contributed by atoms with Gasteiger partial charge in [0.25, 0.3) is 0 Å². The Labute approximate surface area is 182 Å². The van der Waals surface area contributed by atoms with Crippen LogP contribution < -0.4 is 5.32 Å². The number of aliphatic carboxylic acids is 1. The lowest BCUT2D eigenvalue weighted by molar-refractivity contribution is -0.387. The Balaban J connectivity index is 3.53. The molecule has 0 aliphatic heterocycles. The van der Waals surface area contributed by atoms with Gasteiger partial charge < -0.3 is 19.6 Å². The van der Waals surface area contributed by atoms with E-state index in [2.05, 4.69) is 5.32 Å². The first-order valence-corrected chi connectivity index (χ1v) is 12.6. The number of rotatable bonds is 7. The Hall–Kier alpha value is -2.53. The maximum atomic E-state index is 13.9. The zero-order valence-electron chi connectivity index (χ0n) is 19.1. The fraction of sp³-hybridized carbons (Fsp3) is 0.600. The molecule has 2 atom stereocenters. The smallest absolute Gasteiger partial charge is 0.408 e. The molecule has 0 saturated heterocycles. The molecule has 1 amide bonds. The van der Waals surface area contributed by atoms with Crippen molar-refractivity contribution < 1.29 is 33.2 Å². The molecule has 0 saturated carbocycles. The second kappa shape index (κ2) is 9.31. The molecule has 0 aromatic heterocycles. The summed E-state index contributed by atoms with van der Waals surface area (Å²) in [6.07, 6.45) is -2.30. The molecule has 1 aromatic rings. The molecule has 0 unspecified atom stereocenters. The van der Waals surface area contributed by atoms with E-state index in [1.807, 2.05) is 33.9 Å². The summed E-state index contributed by atoms with van der Waals surface area (Å²) in [5, 5.41) is 23.0. The summed E-state index contributed by atoms with van der Waals surface area (Å²) < 4.78 is 25.3. The summed E-state index contributed by atoms with van der Waals surface area (Å²) in [5.41, 5.74) is -1.64. The van der Waals surface area contributed by atoms with Crippen molar-refractivity contribution >= 4 is 26.1 Å². The molecular formula is C20H31FN2O7Si. The highest BCUT2D eigenvalue weighted by Gasteiger charge is 2.44.